The van der Waals surface area contributed by atoms with E-state index in [1.54, 1.807) is 11.8 Å². The molecule has 0 heterocycles. The fraction of sp³-hybridized carbons (Fsp3) is 0.778. The van der Waals surface area contributed by atoms with Gasteiger partial charge in [-0.3, -0.25) is 9.59 Å². The highest BCUT2D eigenvalue weighted by molar-refractivity contribution is 7.99. The minimum absolute atomic E-state index is 0.180. The number of hydrogen-bond donors (Lipinski definition) is 3. The van der Waals surface area contributed by atoms with E-state index >= 15 is 0 Å². The van der Waals surface area contributed by atoms with Gasteiger partial charge in [-0.2, -0.15) is 24.4 Å². The van der Waals surface area contributed by atoms with Crippen molar-refractivity contribution in [2.24, 2.45) is 0 Å². The highest BCUT2D eigenvalue weighted by Crippen LogP contribution is 2.02. The van der Waals surface area contributed by atoms with E-state index in [4.69, 9.17) is 0 Å². The zero-order valence-electron chi connectivity index (χ0n) is 9.24. The third-order valence-electron chi connectivity index (χ3n) is 1.84. The molecule has 0 fully saturated rings. The topological polar surface area (TPSA) is 58.2 Å². The molecule has 2 amide bonds. The SMILES string of the molecule is CSC(C)CNC(=O)C(CS)NC(C)=O. The Morgan fingerprint density at radius 2 is 2.07 bits per heavy atom. The van der Waals surface area contributed by atoms with Gasteiger partial charge in [-0.05, 0) is 6.26 Å². The Bertz CT molecular complexity index is 224. The average molecular weight is 250 g/mol. The predicted molar refractivity (Wildman–Crippen MR) is 67.4 cm³/mol. The Morgan fingerprint density at radius 3 is 2.47 bits per heavy atom. The quantitative estimate of drug-likeness (QED) is 0.594. The minimum Gasteiger partial charge on any atom is -0.353 e. The van der Waals surface area contributed by atoms with Crippen LogP contribution in [0.25, 0.3) is 0 Å². The molecule has 0 saturated heterocycles. The van der Waals surface area contributed by atoms with Crippen LogP contribution in [-0.2, 0) is 9.59 Å². The van der Waals surface area contributed by atoms with Gasteiger partial charge in [-0.1, -0.05) is 6.92 Å². The van der Waals surface area contributed by atoms with Crippen molar-refractivity contribution in [2.75, 3.05) is 18.6 Å². The largest absolute Gasteiger partial charge is 0.353 e. The number of hydrogen-bond acceptors (Lipinski definition) is 4. The van der Waals surface area contributed by atoms with Gasteiger partial charge in [0.2, 0.25) is 11.8 Å². The summed E-state index contributed by atoms with van der Waals surface area (Å²) >= 11 is 5.70. The number of thioether (sulfide) groups is 1. The molecular formula is C9H18N2O2S2. The molecule has 2 N–H and O–H groups in total. The summed E-state index contributed by atoms with van der Waals surface area (Å²) in [6.07, 6.45) is 1.99. The van der Waals surface area contributed by atoms with Gasteiger partial charge in [0, 0.05) is 24.5 Å². The number of amides is 2. The van der Waals surface area contributed by atoms with Gasteiger partial charge in [0.05, 0.1) is 0 Å². The van der Waals surface area contributed by atoms with Crippen molar-refractivity contribution >= 4 is 36.2 Å². The van der Waals surface area contributed by atoms with Crippen LogP contribution < -0.4 is 10.6 Å². The summed E-state index contributed by atoms with van der Waals surface area (Å²) in [5.74, 6) is -0.0952. The molecular weight excluding hydrogens is 232 g/mol. The van der Waals surface area contributed by atoms with E-state index in [-0.39, 0.29) is 11.8 Å². The normalized spacial score (nSPS) is 14.1. The monoisotopic (exact) mass is 250 g/mol. The first kappa shape index (κ1) is 14.6. The van der Waals surface area contributed by atoms with Gasteiger partial charge in [-0.25, -0.2) is 0 Å². The molecule has 2 unspecified atom stereocenters. The maximum Gasteiger partial charge on any atom is 0.243 e. The summed E-state index contributed by atoms with van der Waals surface area (Å²) < 4.78 is 0. The fourth-order valence-corrected chi connectivity index (χ4v) is 1.40. The van der Waals surface area contributed by atoms with Crippen molar-refractivity contribution in [3.8, 4) is 0 Å². The highest BCUT2D eigenvalue weighted by atomic mass is 32.2. The lowest BCUT2D eigenvalue weighted by molar-refractivity contribution is -0.127. The van der Waals surface area contributed by atoms with Crippen molar-refractivity contribution in [2.45, 2.75) is 25.1 Å². The van der Waals surface area contributed by atoms with Crippen LogP contribution in [0.15, 0.2) is 0 Å². The Kier molecular flexibility index (Phi) is 7.68. The molecule has 0 aromatic carbocycles. The van der Waals surface area contributed by atoms with Crippen molar-refractivity contribution in [1.29, 1.82) is 0 Å². The first-order valence-electron chi connectivity index (χ1n) is 4.69. The molecule has 2 atom stereocenters. The second-order valence-electron chi connectivity index (χ2n) is 3.23. The van der Waals surface area contributed by atoms with E-state index in [9.17, 15) is 9.59 Å². The van der Waals surface area contributed by atoms with Crippen molar-refractivity contribution in [1.82, 2.24) is 10.6 Å². The lowest BCUT2D eigenvalue weighted by Crippen LogP contribution is -2.48. The Labute approximate surface area is 100 Å². The van der Waals surface area contributed by atoms with E-state index in [0.29, 0.717) is 17.5 Å². The molecule has 0 saturated carbocycles. The maximum atomic E-state index is 11.5. The van der Waals surface area contributed by atoms with E-state index in [1.807, 2.05) is 13.2 Å². The van der Waals surface area contributed by atoms with Crippen LogP contribution in [0.4, 0.5) is 0 Å². The molecule has 88 valence electrons. The Morgan fingerprint density at radius 1 is 1.47 bits per heavy atom. The molecule has 0 radical (unpaired) electrons. The second kappa shape index (κ2) is 7.87. The van der Waals surface area contributed by atoms with E-state index in [0.717, 1.165) is 0 Å². The number of carbonyl (C=O) groups is 2. The van der Waals surface area contributed by atoms with Crippen LogP contribution in [0, 0.1) is 0 Å². The van der Waals surface area contributed by atoms with Gasteiger partial charge in [-0.15, -0.1) is 0 Å². The van der Waals surface area contributed by atoms with E-state index in [2.05, 4.69) is 23.3 Å². The van der Waals surface area contributed by atoms with Crippen molar-refractivity contribution < 1.29 is 9.59 Å². The zero-order valence-corrected chi connectivity index (χ0v) is 11.0. The Hall–Kier alpha value is -0.360. The van der Waals surface area contributed by atoms with Crippen molar-refractivity contribution in [3.63, 3.8) is 0 Å². The summed E-state index contributed by atoms with van der Waals surface area (Å²) in [4.78, 5) is 22.3. The van der Waals surface area contributed by atoms with Gasteiger partial charge in [0.1, 0.15) is 6.04 Å². The second-order valence-corrected chi connectivity index (χ2v) is 4.87. The third kappa shape index (κ3) is 6.67. The van der Waals surface area contributed by atoms with Crippen LogP contribution in [0.5, 0.6) is 0 Å². The fourth-order valence-electron chi connectivity index (χ4n) is 0.890. The summed E-state index contributed by atoms with van der Waals surface area (Å²) in [5, 5.41) is 5.67. The number of carbonyl (C=O) groups excluding carboxylic acids is 2. The van der Waals surface area contributed by atoms with Crippen LogP contribution in [0.1, 0.15) is 13.8 Å². The molecule has 0 bridgehead atoms. The zero-order chi connectivity index (χ0) is 11.8. The minimum atomic E-state index is -0.542. The summed E-state index contributed by atoms with van der Waals surface area (Å²) in [6.45, 7) is 4.01. The first-order valence-corrected chi connectivity index (χ1v) is 6.61. The van der Waals surface area contributed by atoms with Crippen LogP contribution in [0.3, 0.4) is 0 Å². The molecule has 0 aromatic rings. The standard InChI is InChI=1S/C9H18N2O2S2/c1-6(15-3)4-10-9(13)8(5-14)11-7(2)12/h6,8,14H,4-5H2,1-3H3,(H,10,13)(H,11,12). The molecule has 15 heavy (non-hydrogen) atoms. The van der Waals surface area contributed by atoms with Gasteiger partial charge in [0.15, 0.2) is 0 Å². The maximum absolute atomic E-state index is 11.5. The van der Waals surface area contributed by atoms with Gasteiger partial charge >= 0.3 is 0 Å². The Balaban J connectivity index is 3.99. The van der Waals surface area contributed by atoms with Gasteiger partial charge in [0.25, 0.3) is 0 Å². The van der Waals surface area contributed by atoms with Crippen molar-refractivity contribution in [3.05, 3.63) is 0 Å². The average Bonchev–Trinajstić information content (AvgIpc) is 2.21. The highest BCUT2D eigenvalue weighted by Gasteiger charge is 2.17. The summed E-state index contributed by atoms with van der Waals surface area (Å²) in [7, 11) is 0. The molecule has 0 spiro atoms. The number of nitrogens with one attached hydrogen (secondary N) is 2. The molecule has 6 heteroatoms. The summed E-state index contributed by atoms with van der Waals surface area (Å²) in [6, 6.07) is -0.542. The van der Waals surface area contributed by atoms with Crippen LogP contribution in [-0.4, -0.2) is 41.7 Å². The lowest BCUT2D eigenvalue weighted by Gasteiger charge is -2.16. The molecule has 0 aliphatic heterocycles. The number of rotatable bonds is 6. The molecule has 0 aromatic heterocycles. The van der Waals surface area contributed by atoms with Gasteiger partial charge < -0.3 is 10.6 Å². The first-order chi connectivity index (χ1) is 7.01. The van der Waals surface area contributed by atoms with E-state index in [1.165, 1.54) is 6.92 Å². The molecule has 0 rings (SSSR count). The summed E-state index contributed by atoms with van der Waals surface area (Å²) in [5.41, 5.74) is 0. The third-order valence-corrected chi connectivity index (χ3v) is 3.18. The van der Waals surface area contributed by atoms with Crippen LogP contribution >= 0.6 is 24.4 Å². The van der Waals surface area contributed by atoms with E-state index < -0.39 is 6.04 Å². The molecule has 0 aliphatic carbocycles. The molecule has 4 nitrogen and oxygen atoms in total. The smallest absolute Gasteiger partial charge is 0.243 e. The van der Waals surface area contributed by atoms with Crippen LogP contribution in [0.2, 0.25) is 0 Å². The lowest BCUT2D eigenvalue weighted by atomic mass is 10.3. The number of thiol groups is 1. The predicted octanol–water partition coefficient (Wildman–Crippen LogP) is 0.289. The molecule has 0 aliphatic rings.